The number of primary amides is 1. The number of anilines is 1. The molecular formula is C15H17N3O3. The maximum Gasteiger partial charge on any atom is 0.248 e. The molecule has 0 saturated carbocycles. The van der Waals surface area contributed by atoms with E-state index < -0.39 is 5.91 Å². The van der Waals surface area contributed by atoms with Crippen LogP contribution in [0.25, 0.3) is 0 Å². The summed E-state index contributed by atoms with van der Waals surface area (Å²) >= 11 is 0. The highest BCUT2D eigenvalue weighted by molar-refractivity contribution is 5.95. The van der Waals surface area contributed by atoms with E-state index in [-0.39, 0.29) is 12.5 Å². The number of hydrogen-bond acceptors (Lipinski definition) is 4. The van der Waals surface area contributed by atoms with Gasteiger partial charge >= 0.3 is 0 Å². The quantitative estimate of drug-likeness (QED) is 0.841. The summed E-state index contributed by atoms with van der Waals surface area (Å²) < 4.78 is 5.22. The number of benzene rings is 1. The first-order valence-corrected chi connectivity index (χ1v) is 6.45. The molecule has 2 aromatic rings. The van der Waals surface area contributed by atoms with Crippen LogP contribution in [-0.4, -0.2) is 30.3 Å². The van der Waals surface area contributed by atoms with Crippen molar-refractivity contribution >= 4 is 17.5 Å². The van der Waals surface area contributed by atoms with E-state index in [2.05, 4.69) is 5.32 Å². The molecule has 0 bridgehead atoms. The standard InChI is InChI=1S/C15H17N3O3/c1-18(9-13-3-2-8-21-13)10-14(19)17-12-6-4-11(5-7-12)15(16)20/h2-8H,9-10H2,1H3,(H2,16,20)(H,17,19). The molecule has 0 saturated heterocycles. The first-order valence-electron chi connectivity index (χ1n) is 6.45. The van der Waals surface area contributed by atoms with Crippen LogP contribution in [0.2, 0.25) is 0 Å². The summed E-state index contributed by atoms with van der Waals surface area (Å²) in [5.74, 6) is 0.165. The van der Waals surface area contributed by atoms with Gasteiger partial charge in [0, 0.05) is 11.3 Å². The normalized spacial score (nSPS) is 10.6. The lowest BCUT2D eigenvalue weighted by atomic mass is 10.2. The molecule has 0 spiro atoms. The van der Waals surface area contributed by atoms with Crippen LogP contribution >= 0.6 is 0 Å². The van der Waals surface area contributed by atoms with Crippen molar-refractivity contribution in [1.82, 2.24) is 4.90 Å². The highest BCUT2D eigenvalue weighted by atomic mass is 16.3. The van der Waals surface area contributed by atoms with E-state index in [4.69, 9.17) is 10.2 Å². The van der Waals surface area contributed by atoms with Crippen molar-refractivity contribution in [3.8, 4) is 0 Å². The summed E-state index contributed by atoms with van der Waals surface area (Å²) in [6, 6.07) is 10.1. The molecule has 6 nitrogen and oxygen atoms in total. The SMILES string of the molecule is CN(CC(=O)Nc1ccc(C(N)=O)cc1)Cc1ccco1. The number of nitrogens with one attached hydrogen (secondary N) is 1. The van der Waals surface area contributed by atoms with Crippen LogP contribution in [0.3, 0.4) is 0 Å². The monoisotopic (exact) mass is 287 g/mol. The fourth-order valence-electron chi connectivity index (χ4n) is 1.89. The highest BCUT2D eigenvalue weighted by Gasteiger charge is 2.09. The third-order valence-electron chi connectivity index (χ3n) is 2.87. The van der Waals surface area contributed by atoms with Gasteiger partial charge in [0.05, 0.1) is 19.4 Å². The Hall–Kier alpha value is -2.60. The van der Waals surface area contributed by atoms with Crippen LogP contribution in [0, 0.1) is 0 Å². The summed E-state index contributed by atoms with van der Waals surface area (Å²) in [5, 5.41) is 2.76. The number of hydrogen-bond donors (Lipinski definition) is 2. The Morgan fingerprint density at radius 2 is 1.95 bits per heavy atom. The number of furan rings is 1. The number of nitrogens with zero attached hydrogens (tertiary/aromatic N) is 1. The Bertz CT molecular complexity index is 606. The highest BCUT2D eigenvalue weighted by Crippen LogP contribution is 2.09. The van der Waals surface area contributed by atoms with Crippen molar-refractivity contribution in [2.45, 2.75) is 6.54 Å². The molecule has 3 N–H and O–H groups in total. The topological polar surface area (TPSA) is 88.6 Å². The minimum absolute atomic E-state index is 0.143. The van der Waals surface area contributed by atoms with E-state index in [0.717, 1.165) is 5.76 Å². The second-order valence-corrected chi connectivity index (χ2v) is 4.74. The largest absolute Gasteiger partial charge is 0.468 e. The third-order valence-corrected chi connectivity index (χ3v) is 2.87. The predicted molar refractivity (Wildman–Crippen MR) is 78.6 cm³/mol. The molecule has 2 rings (SSSR count). The molecular weight excluding hydrogens is 270 g/mol. The van der Waals surface area contributed by atoms with Gasteiger partial charge in [-0.25, -0.2) is 0 Å². The molecule has 1 heterocycles. The first-order chi connectivity index (χ1) is 10.0. The van der Waals surface area contributed by atoms with Gasteiger partial charge in [-0.3, -0.25) is 14.5 Å². The Labute approximate surface area is 122 Å². The van der Waals surface area contributed by atoms with Crippen molar-refractivity contribution in [2.24, 2.45) is 5.73 Å². The molecule has 0 atom stereocenters. The van der Waals surface area contributed by atoms with Gasteiger partial charge in [0.2, 0.25) is 11.8 Å². The molecule has 1 aromatic heterocycles. The van der Waals surface area contributed by atoms with E-state index in [1.807, 2.05) is 24.1 Å². The Balaban J connectivity index is 1.84. The number of nitrogens with two attached hydrogens (primary N) is 1. The summed E-state index contributed by atoms with van der Waals surface area (Å²) in [4.78, 5) is 24.7. The molecule has 110 valence electrons. The average molecular weight is 287 g/mol. The van der Waals surface area contributed by atoms with Crippen molar-refractivity contribution in [2.75, 3.05) is 18.9 Å². The number of carbonyl (C=O) groups is 2. The lowest BCUT2D eigenvalue weighted by molar-refractivity contribution is -0.117. The summed E-state index contributed by atoms with van der Waals surface area (Å²) in [5.41, 5.74) is 6.18. The second-order valence-electron chi connectivity index (χ2n) is 4.74. The van der Waals surface area contributed by atoms with Gasteiger partial charge in [-0.2, -0.15) is 0 Å². The van der Waals surface area contributed by atoms with Crippen LogP contribution in [0.15, 0.2) is 47.1 Å². The van der Waals surface area contributed by atoms with Gasteiger partial charge in [-0.1, -0.05) is 0 Å². The van der Waals surface area contributed by atoms with Crippen LogP contribution in [0.4, 0.5) is 5.69 Å². The summed E-state index contributed by atoms with van der Waals surface area (Å²) in [6.45, 7) is 0.791. The van der Waals surface area contributed by atoms with E-state index >= 15 is 0 Å². The van der Waals surface area contributed by atoms with Crippen molar-refractivity contribution in [3.63, 3.8) is 0 Å². The molecule has 6 heteroatoms. The summed E-state index contributed by atoms with van der Waals surface area (Å²) in [7, 11) is 1.83. The fraction of sp³-hybridized carbons (Fsp3) is 0.200. The van der Waals surface area contributed by atoms with Crippen molar-refractivity contribution < 1.29 is 14.0 Å². The Morgan fingerprint density at radius 1 is 1.24 bits per heavy atom. The van der Waals surface area contributed by atoms with E-state index in [1.165, 1.54) is 0 Å². The van der Waals surface area contributed by atoms with E-state index in [9.17, 15) is 9.59 Å². The average Bonchev–Trinajstić information content (AvgIpc) is 2.91. The van der Waals surface area contributed by atoms with E-state index in [0.29, 0.717) is 17.8 Å². The fourth-order valence-corrected chi connectivity index (χ4v) is 1.89. The van der Waals surface area contributed by atoms with Crippen LogP contribution in [0.5, 0.6) is 0 Å². The molecule has 0 aliphatic carbocycles. The molecule has 2 amide bonds. The van der Waals surface area contributed by atoms with Crippen LogP contribution in [0.1, 0.15) is 16.1 Å². The van der Waals surface area contributed by atoms with Gasteiger partial charge in [-0.15, -0.1) is 0 Å². The summed E-state index contributed by atoms with van der Waals surface area (Å²) in [6.07, 6.45) is 1.60. The number of carbonyl (C=O) groups excluding carboxylic acids is 2. The van der Waals surface area contributed by atoms with E-state index in [1.54, 1.807) is 30.5 Å². The molecule has 0 unspecified atom stereocenters. The lowest BCUT2D eigenvalue weighted by Gasteiger charge is -2.14. The zero-order valence-corrected chi connectivity index (χ0v) is 11.7. The Morgan fingerprint density at radius 3 is 2.52 bits per heavy atom. The number of likely N-dealkylation sites (N-methyl/N-ethyl adjacent to an activating group) is 1. The third kappa shape index (κ3) is 4.47. The first kappa shape index (κ1) is 14.8. The number of amides is 2. The van der Waals surface area contributed by atoms with Gasteiger partial charge in [-0.05, 0) is 43.4 Å². The van der Waals surface area contributed by atoms with Crippen molar-refractivity contribution in [1.29, 1.82) is 0 Å². The minimum Gasteiger partial charge on any atom is -0.468 e. The smallest absolute Gasteiger partial charge is 0.248 e. The van der Waals surface area contributed by atoms with Gasteiger partial charge in [0.25, 0.3) is 0 Å². The zero-order chi connectivity index (χ0) is 15.2. The maximum absolute atomic E-state index is 11.9. The van der Waals surface area contributed by atoms with Gasteiger partial charge < -0.3 is 15.5 Å². The number of rotatable bonds is 6. The molecule has 0 fully saturated rings. The van der Waals surface area contributed by atoms with Gasteiger partial charge in [0.15, 0.2) is 0 Å². The second kappa shape index (κ2) is 6.71. The predicted octanol–water partition coefficient (Wildman–Crippen LogP) is 1.45. The maximum atomic E-state index is 11.9. The van der Waals surface area contributed by atoms with Crippen LogP contribution < -0.4 is 11.1 Å². The Kier molecular flexibility index (Phi) is 4.73. The molecule has 21 heavy (non-hydrogen) atoms. The molecule has 0 aliphatic heterocycles. The molecule has 0 aliphatic rings. The van der Waals surface area contributed by atoms with Gasteiger partial charge in [0.1, 0.15) is 5.76 Å². The molecule has 1 aromatic carbocycles. The lowest BCUT2D eigenvalue weighted by Crippen LogP contribution is -2.29. The zero-order valence-electron chi connectivity index (χ0n) is 11.7. The van der Waals surface area contributed by atoms with Crippen LogP contribution in [-0.2, 0) is 11.3 Å². The molecule has 0 radical (unpaired) electrons. The van der Waals surface area contributed by atoms with Crippen molar-refractivity contribution in [3.05, 3.63) is 54.0 Å². The minimum atomic E-state index is -0.494.